The molecule has 0 radical (unpaired) electrons. The van der Waals surface area contributed by atoms with Crippen molar-refractivity contribution in [1.29, 1.82) is 0 Å². The van der Waals surface area contributed by atoms with Crippen molar-refractivity contribution in [3.63, 3.8) is 0 Å². The first-order valence-electron chi connectivity index (χ1n) is 7.77. The van der Waals surface area contributed by atoms with E-state index in [0.717, 1.165) is 25.7 Å². The maximum atomic E-state index is 11.7. The van der Waals surface area contributed by atoms with E-state index < -0.39 is 6.10 Å². The maximum absolute atomic E-state index is 11.7. The van der Waals surface area contributed by atoms with Crippen LogP contribution < -0.4 is 0 Å². The Balaban J connectivity index is 4.19. The Morgan fingerprint density at radius 1 is 1.29 bits per heavy atom. The average Bonchev–Trinajstić information content (AvgIpc) is 2.37. The van der Waals surface area contributed by atoms with Gasteiger partial charge in [0.2, 0.25) is 0 Å². The van der Waals surface area contributed by atoms with Gasteiger partial charge in [-0.2, -0.15) is 0 Å². The van der Waals surface area contributed by atoms with Crippen molar-refractivity contribution >= 4 is 12.3 Å². The molecule has 0 saturated carbocycles. The normalized spacial score (nSPS) is 14.9. The van der Waals surface area contributed by atoms with Crippen molar-refractivity contribution in [3.8, 4) is 0 Å². The Bertz CT molecular complexity index is 328. The van der Waals surface area contributed by atoms with Crippen molar-refractivity contribution in [2.75, 3.05) is 0 Å². The summed E-state index contributed by atoms with van der Waals surface area (Å²) >= 11 is 0. The zero-order chi connectivity index (χ0) is 16.3. The first kappa shape index (κ1) is 19.8. The molecular formula is C17H30O4. The molecule has 0 heterocycles. The van der Waals surface area contributed by atoms with Gasteiger partial charge in [-0.15, -0.1) is 0 Å². The van der Waals surface area contributed by atoms with Crippen LogP contribution in [0, 0.1) is 5.41 Å². The molecule has 2 atom stereocenters. The van der Waals surface area contributed by atoms with Gasteiger partial charge >= 0.3 is 0 Å². The number of hydrogen-bond donors (Lipinski definition) is 1. The van der Waals surface area contributed by atoms with Gasteiger partial charge in [0, 0.05) is 12.8 Å². The standard InChI is InChI=1S/C17H30O4/c1-5-6-7-10-15(21-13-18)11-8-9-14(19)12-16(20)17(2,3)4/h8-9,13,15-16,20H,5-7,10-12H2,1-4H3/b9-8+/t15-,16-/m1/s1. The largest absolute Gasteiger partial charge is 0.464 e. The highest BCUT2D eigenvalue weighted by atomic mass is 16.5. The van der Waals surface area contributed by atoms with Gasteiger partial charge in [0.05, 0.1) is 6.10 Å². The minimum absolute atomic E-state index is 0.101. The second-order valence-electron chi connectivity index (χ2n) is 6.54. The molecule has 0 spiro atoms. The molecule has 122 valence electrons. The molecule has 0 aliphatic carbocycles. The van der Waals surface area contributed by atoms with Crippen molar-refractivity contribution in [3.05, 3.63) is 12.2 Å². The summed E-state index contributed by atoms with van der Waals surface area (Å²) in [6, 6.07) is 0. The van der Waals surface area contributed by atoms with Crippen LogP contribution in [0.5, 0.6) is 0 Å². The molecule has 21 heavy (non-hydrogen) atoms. The third-order valence-corrected chi connectivity index (χ3v) is 3.47. The minimum Gasteiger partial charge on any atom is -0.464 e. The van der Waals surface area contributed by atoms with Gasteiger partial charge in [-0.3, -0.25) is 9.59 Å². The molecule has 0 rings (SSSR count). The van der Waals surface area contributed by atoms with Gasteiger partial charge in [-0.1, -0.05) is 46.6 Å². The maximum Gasteiger partial charge on any atom is 0.293 e. The van der Waals surface area contributed by atoms with Crippen LogP contribution in [-0.4, -0.2) is 29.6 Å². The summed E-state index contributed by atoms with van der Waals surface area (Å²) < 4.78 is 5.01. The average molecular weight is 298 g/mol. The third-order valence-electron chi connectivity index (χ3n) is 3.47. The fourth-order valence-corrected chi connectivity index (χ4v) is 1.86. The van der Waals surface area contributed by atoms with E-state index in [2.05, 4.69) is 6.92 Å². The van der Waals surface area contributed by atoms with Crippen LogP contribution in [0.15, 0.2) is 12.2 Å². The molecule has 0 aliphatic rings. The Kier molecular flexibility index (Phi) is 9.97. The summed E-state index contributed by atoms with van der Waals surface area (Å²) in [5.74, 6) is -0.101. The lowest BCUT2D eigenvalue weighted by Crippen LogP contribution is -2.28. The molecule has 4 heteroatoms. The lowest BCUT2D eigenvalue weighted by atomic mass is 9.86. The quantitative estimate of drug-likeness (QED) is 0.360. The Morgan fingerprint density at radius 3 is 2.48 bits per heavy atom. The van der Waals surface area contributed by atoms with E-state index in [1.807, 2.05) is 20.8 Å². The van der Waals surface area contributed by atoms with E-state index in [1.54, 1.807) is 6.08 Å². The van der Waals surface area contributed by atoms with E-state index in [-0.39, 0.29) is 23.7 Å². The highest BCUT2D eigenvalue weighted by Gasteiger charge is 2.23. The molecular weight excluding hydrogens is 268 g/mol. The number of ether oxygens (including phenoxy) is 1. The molecule has 0 aromatic carbocycles. The molecule has 0 unspecified atom stereocenters. The van der Waals surface area contributed by atoms with Crippen LogP contribution in [0.25, 0.3) is 0 Å². The van der Waals surface area contributed by atoms with Gasteiger partial charge in [-0.25, -0.2) is 0 Å². The van der Waals surface area contributed by atoms with Gasteiger partial charge in [0.1, 0.15) is 6.10 Å². The minimum atomic E-state index is -0.652. The van der Waals surface area contributed by atoms with Gasteiger partial charge < -0.3 is 9.84 Å². The smallest absolute Gasteiger partial charge is 0.293 e. The summed E-state index contributed by atoms with van der Waals surface area (Å²) in [7, 11) is 0. The van der Waals surface area contributed by atoms with Crippen LogP contribution in [0.2, 0.25) is 0 Å². The summed E-state index contributed by atoms with van der Waals surface area (Å²) in [6.45, 7) is 8.29. The first-order chi connectivity index (χ1) is 9.81. The molecule has 0 aromatic rings. The van der Waals surface area contributed by atoms with Crippen molar-refractivity contribution < 1.29 is 19.4 Å². The highest BCUT2D eigenvalue weighted by Crippen LogP contribution is 2.21. The Labute approximate surface area is 128 Å². The molecule has 0 bridgehead atoms. The van der Waals surface area contributed by atoms with Gasteiger partial charge in [0.15, 0.2) is 5.78 Å². The summed E-state index contributed by atoms with van der Waals surface area (Å²) in [5.41, 5.74) is -0.299. The summed E-state index contributed by atoms with van der Waals surface area (Å²) in [5, 5.41) is 9.87. The molecule has 0 saturated heterocycles. The fourth-order valence-electron chi connectivity index (χ4n) is 1.86. The third kappa shape index (κ3) is 10.2. The van der Waals surface area contributed by atoms with Crippen LogP contribution in [0.3, 0.4) is 0 Å². The molecule has 0 amide bonds. The zero-order valence-corrected chi connectivity index (χ0v) is 13.8. The SMILES string of the molecule is CCCCC[C@H](C/C=C/C(=O)C[C@@H](O)C(C)(C)C)OC=O. The number of allylic oxidation sites excluding steroid dienone is 1. The molecule has 0 aliphatic heterocycles. The second-order valence-corrected chi connectivity index (χ2v) is 6.54. The van der Waals surface area contributed by atoms with Crippen LogP contribution in [0.1, 0.15) is 66.2 Å². The van der Waals surface area contributed by atoms with Gasteiger partial charge in [-0.05, 0) is 24.3 Å². The predicted octanol–water partition coefficient (Wildman–Crippen LogP) is 3.42. The number of carbonyl (C=O) groups is 2. The van der Waals surface area contributed by atoms with Crippen LogP contribution in [0.4, 0.5) is 0 Å². The molecule has 0 aromatic heterocycles. The second kappa shape index (κ2) is 10.6. The van der Waals surface area contributed by atoms with E-state index in [9.17, 15) is 14.7 Å². The zero-order valence-electron chi connectivity index (χ0n) is 13.8. The number of rotatable bonds is 11. The van der Waals surface area contributed by atoms with E-state index in [1.165, 1.54) is 6.08 Å². The van der Waals surface area contributed by atoms with Crippen molar-refractivity contribution in [2.24, 2.45) is 5.41 Å². The van der Waals surface area contributed by atoms with E-state index in [4.69, 9.17) is 4.74 Å². The summed E-state index contributed by atoms with van der Waals surface area (Å²) in [4.78, 5) is 22.2. The number of aliphatic hydroxyl groups excluding tert-OH is 1. The lowest BCUT2D eigenvalue weighted by molar-refractivity contribution is -0.133. The molecule has 4 nitrogen and oxygen atoms in total. The predicted molar refractivity (Wildman–Crippen MR) is 83.9 cm³/mol. The van der Waals surface area contributed by atoms with E-state index >= 15 is 0 Å². The lowest BCUT2D eigenvalue weighted by Gasteiger charge is -2.24. The van der Waals surface area contributed by atoms with Crippen molar-refractivity contribution in [1.82, 2.24) is 0 Å². The molecule has 0 fully saturated rings. The Morgan fingerprint density at radius 2 is 1.95 bits per heavy atom. The number of carbonyl (C=O) groups excluding carboxylic acids is 2. The number of aliphatic hydroxyl groups is 1. The fraction of sp³-hybridized carbons (Fsp3) is 0.765. The van der Waals surface area contributed by atoms with Crippen LogP contribution >= 0.6 is 0 Å². The topological polar surface area (TPSA) is 63.6 Å². The van der Waals surface area contributed by atoms with E-state index in [0.29, 0.717) is 12.9 Å². The number of hydrogen-bond acceptors (Lipinski definition) is 4. The number of ketones is 1. The first-order valence-corrected chi connectivity index (χ1v) is 7.77. The molecule has 1 N–H and O–H groups in total. The monoisotopic (exact) mass is 298 g/mol. The Hall–Kier alpha value is -1.16. The number of unbranched alkanes of at least 4 members (excludes halogenated alkanes) is 2. The summed E-state index contributed by atoms with van der Waals surface area (Å²) in [6.07, 6.45) is 7.12. The van der Waals surface area contributed by atoms with Crippen LogP contribution in [-0.2, 0) is 14.3 Å². The van der Waals surface area contributed by atoms with Gasteiger partial charge in [0.25, 0.3) is 6.47 Å². The highest BCUT2D eigenvalue weighted by molar-refractivity contribution is 5.89. The van der Waals surface area contributed by atoms with Crippen molar-refractivity contribution in [2.45, 2.75) is 78.4 Å².